The molecule has 20 heavy (non-hydrogen) atoms. The van der Waals surface area contributed by atoms with Gasteiger partial charge in [-0.2, -0.15) is 0 Å². The molecular formula is C14H21N3O3. The third-order valence-electron chi connectivity index (χ3n) is 2.66. The zero-order valence-corrected chi connectivity index (χ0v) is 12.6. The van der Waals surface area contributed by atoms with Gasteiger partial charge in [0.2, 0.25) is 0 Å². The predicted molar refractivity (Wildman–Crippen MR) is 79.1 cm³/mol. The molecule has 1 aromatic rings. The highest BCUT2D eigenvalue weighted by Crippen LogP contribution is 2.27. The van der Waals surface area contributed by atoms with E-state index in [-0.39, 0.29) is 17.0 Å². The van der Waals surface area contributed by atoms with E-state index in [0.29, 0.717) is 17.8 Å². The van der Waals surface area contributed by atoms with Gasteiger partial charge in [0.05, 0.1) is 4.92 Å². The van der Waals surface area contributed by atoms with Crippen LogP contribution in [0.25, 0.3) is 0 Å². The van der Waals surface area contributed by atoms with Crippen molar-refractivity contribution in [1.29, 1.82) is 0 Å². The van der Waals surface area contributed by atoms with Gasteiger partial charge in [-0.1, -0.05) is 20.8 Å². The lowest BCUT2D eigenvalue weighted by atomic mass is 9.97. The van der Waals surface area contributed by atoms with Gasteiger partial charge in [0.15, 0.2) is 0 Å². The number of anilines is 1. The van der Waals surface area contributed by atoms with Crippen LogP contribution in [0.15, 0.2) is 18.2 Å². The Morgan fingerprint density at radius 1 is 1.35 bits per heavy atom. The van der Waals surface area contributed by atoms with Gasteiger partial charge >= 0.3 is 0 Å². The lowest BCUT2D eigenvalue weighted by molar-refractivity contribution is -0.384. The Balaban J connectivity index is 3.08. The summed E-state index contributed by atoms with van der Waals surface area (Å²) in [5, 5.41) is 14.2. The van der Waals surface area contributed by atoms with Gasteiger partial charge in [-0.05, 0) is 17.5 Å². The van der Waals surface area contributed by atoms with Crippen molar-refractivity contribution in [2.75, 3.05) is 26.0 Å². The molecule has 1 aromatic carbocycles. The third kappa shape index (κ3) is 4.22. The molecule has 0 saturated heterocycles. The SMILES string of the molecule is CN(C)C(=O)c1ccc(NCC(C)(C)C)c([N+](=O)[O-])c1. The molecule has 0 radical (unpaired) electrons. The highest BCUT2D eigenvalue weighted by atomic mass is 16.6. The average Bonchev–Trinajstić information content (AvgIpc) is 2.34. The van der Waals surface area contributed by atoms with Crippen LogP contribution in [0.2, 0.25) is 0 Å². The van der Waals surface area contributed by atoms with E-state index in [4.69, 9.17) is 0 Å². The van der Waals surface area contributed by atoms with Crippen LogP contribution in [0, 0.1) is 15.5 Å². The fourth-order valence-corrected chi connectivity index (χ4v) is 1.58. The predicted octanol–water partition coefficient (Wildman–Crippen LogP) is 2.75. The first-order chi connectivity index (χ1) is 9.11. The van der Waals surface area contributed by atoms with E-state index in [0.717, 1.165) is 0 Å². The van der Waals surface area contributed by atoms with Crippen LogP contribution in [0.3, 0.4) is 0 Å². The van der Waals surface area contributed by atoms with Crippen molar-refractivity contribution in [2.24, 2.45) is 5.41 Å². The Labute approximate surface area is 118 Å². The number of benzene rings is 1. The number of carbonyl (C=O) groups is 1. The third-order valence-corrected chi connectivity index (χ3v) is 2.66. The number of hydrogen-bond acceptors (Lipinski definition) is 4. The maximum atomic E-state index is 11.8. The number of nitro benzene ring substituents is 1. The Morgan fingerprint density at radius 3 is 2.40 bits per heavy atom. The molecule has 1 rings (SSSR count). The Bertz CT molecular complexity index is 519. The molecule has 110 valence electrons. The molecule has 0 aromatic heterocycles. The van der Waals surface area contributed by atoms with Crippen LogP contribution in [-0.4, -0.2) is 36.4 Å². The van der Waals surface area contributed by atoms with E-state index >= 15 is 0 Å². The Morgan fingerprint density at radius 2 is 1.95 bits per heavy atom. The number of nitrogens with zero attached hydrogens (tertiary/aromatic N) is 2. The second-order valence-electron chi connectivity index (χ2n) is 6.10. The maximum Gasteiger partial charge on any atom is 0.293 e. The summed E-state index contributed by atoms with van der Waals surface area (Å²) < 4.78 is 0. The molecule has 0 bridgehead atoms. The number of nitrogens with one attached hydrogen (secondary N) is 1. The largest absolute Gasteiger partial charge is 0.379 e. The molecule has 0 fully saturated rings. The smallest absolute Gasteiger partial charge is 0.293 e. The molecule has 1 amide bonds. The number of rotatable bonds is 4. The maximum absolute atomic E-state index is 11.8. The molecule has 0 atom stereocenters. The van der Waals surface area contributed by atoms with Crippen LogP contribution in [-0.2, 0) is 0 Å². The minimum atomic E-state index is -0.475. The average molecular weight is 279 g/mol. The topological polar surface area (TPSA) is 75.5 Å². The molecule has 6 heteroatoms. The summed E-state index contributed by atoms with van der Waals surface area (Å²) >= 11 is 0. The highest BCUT2D eigenvalue weighted by molar-refractivity contribution is 5.95. The van der Waals surface area contributed by atoms with Gasteiger partial charge in [0.25, 0.3) is 11.6 Å². The first kappa shape index (κ1) is 15.9. The molecule has 6 nitrogen and oxygen atoms in total. The molecule has 0 heterocycles. The molecule has 0 aliphatic carbocycles. The van der Waals surface area contributed by atoms with Crippen molar-refractivity contribution in [1.82, 2.24) is 4.90 Å². The fraction of sp³-hybridized carbons (Fsp3) is 0.500. The summed E-state index contributed by atoms with van der Waals surface area (Å²) in [5.41, 5.74) is 0.664. The first-order valence-corrected chi connectivity index (χ1v) is 6.36. The molecular weight excluding hydrogens is 258 g/mol. The molecule has 1 N–H and O–H groups in total. The lowest BCUT2D eigenvalue weighted by Gasteiger charge is -2.19. The molecule has 0 unspecified atom stereocenters. The monoisotopic (exact) mass is 279 g/mol. The van der Waals surface area contributed by atoms with E-state index in [1.54, 1.807) is 26.2 Å². The molecule has 0 saturated carbocycles. The van der Waals surface area contributed by atoms with Crippen LogP contribution >= 0.6 is 0 Å². The van der Waals surface area contributed by atoms with Crippen molar-refractivity contribution in [3.8, 4) is 0 Å². The second kappa shape index (κ2) is 5.90. The summed E-state index contributed by atoms with van der Waals surface area (Å²) in [4.78, 5) is 23.9. The van der Waals surface area contributed by atoms with Gasteiger partial charge in [0, 0.05) is 32.3 Å². The summed E-state index contributed by atoms with van der Waals surface area (Å²) in [6.07, 6.45) is 0. The van der Waals surface area contributed by atoms with Crippen molar-refractivity contribution in [2.45, 2.75) is 20.8 Å². The van der Waals surface area contributed by atoms with Crippen LogP contribution in [0.1, 0.15) is 31.1 Å². The van der Waals surface area contributed by atoms with Crippen molar-refractivity contribution >= 4 is 17.3 Å². The van der Waals surface area contributed by atoms with Crippen LogP contribution < -0.4 is 5.32 Å². The van der Waals surface area contributed by atoms with Gasteiger partial charge < -0.3 is 10.2 Å². The van der Waals surface area contributed by atoms with Gasteiger partial charge in [-0.15, -0.1) is 0 Å². The lowest BCUT2D eigenvalue weighted by Crippen LogP contribution is -2.22. The van der Waals surface area contributed by atoms with Gasteiger partial charge in [-0.3, -0.25) is 14.9 Å². The second-order valence-corrected chi connectivity index (χ2v) is 6.10. The normalized spacial score (nSPS) is 11.1. The zero-order valence-electron chi connectivity index (χ0n) is 12.6. The van der Waals surface area contributed by atoms with Gasteiger partial charge in [0.1, 0.15) is 5.69 Å². The highest BCUT2D eigenvalue weighted by Gasteiger charge is 2.19. The minimum Gasteiger partial charge on any atom is -0.379 e. The molecule has 0 spiro atoms. The minimum absolute atomic E-state index is 0.00595. The zero-order chi connectivity index (χ0) is 15.5. The van der Waals surface area contributed by atoms with E-state index in [9.17, 15) is 14.9 Å². The van der Waals surface area contributed by atoms with E-state index < -0.39 is 4.92 Å². The number of nitro groups is 1. The van der Waals surface area contributed by atoms with Gasteiger partial charge in [-0.25, -0.2) is 0 Å². The summed E-state index contributed by atoms with van der Waals surface area (Å²) in [6, 6.07) is 4.49. The first-order valence-electron chi connectivity index (χ1n) is 6.36. The number of amides is 1. The van der Waals surface area contributed by atoms with Crippen molar-refractivity contribution in [3.63, 3.8) is 0 Å². The quantitative estimate of drug-likeness (QED) is 0.679. The molecule has 0 aliphatic rings. The number of carbonyl (C=O) groups excluding carboxylic acids is 1. The van der Waals surface area contributed by atoms with Crippen LogP contribution in [0.4, 0.5) is 11.4 Å². The Kier molecular flexibility index (Phi) is 4.70. The van der Waals surface area contributed by atoms with Crippen molar-refractivity contribution < 1.29 is 9.72 Å². The summed E-state index contributed by atoms with van der Waals surface area (Å²) in [5.74, 6) is -0.254. The summed E-state index contributed by atoms with van der Waals surface area (Å²) in [6.45, 7) is 6.72. The Hall–Kier alpha value is -2.11. The van der Waals surface area contributed by atoms with Crippen molar-refractivity contribution in [3.05, 3.63) is 33.9 Å². The van der Waals surface area contributed by atoms with Crippen LogP contribution in [0.5, 0.6) is 0 Å². The summed E-state index contributed by atoms with van der Waals surface area (Å²) in [7, 11) is 3.22. The van der Waals surface area contributed by atoms with E-state index in [2.05, 4.69) is 5.32 Å². The fourth-order valence-electron chi connectivity index (χ4n) is 1.58. The molecule has 0 aliphatic heterocycles. The van der Waals surface area contributed by atoms with E-state index in [1.807, 2.05) is 20.8 Å². The number of hydrogen-bond donors (Lipinski definition) is 1. The standard InChI is InChI=1S/C14H21N3O3/c1-14(2,3)9-15-11-7-6-10(13(18)16(4)5)8-12(11)17(19)20/h6-8,15H,9H2,1-5H3. The van der Waals surface area contributed by atoms with E-state index in [1.165, 1.54) is 11.0 Å².